The van der Waals surface area contributed by atoms with Crippen molar-refractivity contribution < 1.29 is 9.84 Å². The molecule has 2 fully saturated rings. The summed E-state index contributed by atoms with van der Waals surface area (Å²) in [7, 11) is 0. The van der Waals surface area contributed by atoms with E-state index >= 15 is 0 Å². The van der Waals surface area contributed by atoms with Gasteiger partial charge >= 0.3 is 0 Å². The van der Waals surface area contributed by atoms with Crippen LogP contribution in [-0.2, 0) is 11.3 Å². The van der Waals surface area contributed by atoms with Crippen molar-refractivity contribution in [3.8, 4) is 0 Å². The van der Waals surface area contributed by atoms with Gasteiger partial charge in [-0.25, -0.2) is 4.98 Å². The molecule has 1 saturated heterocycles. The number of aliphatic hydroxyl groups is 1. The third-order valence-electron chi connectivity index (χ3n) is 6.11. The highest BCUT2D eigenvalue weighted by Gasteiger charge is 2.22. The van der Waals surface area contributed by atoms with Crippen molar-refractivity contribution in [2.75, 3.05) is 50.1 Å². The maximum absolute atomic E-state index is 9.21. The first-order chi connectivity index (χ1) is 15.8. The average Bonchev–Trinajstić information content (AvgIpc) is 3.50. The van der Waals surface area contributed by atoms with Gasteiger partial charge in [-0.05, 0) is 25.0 Å². The molecule has 0 unspecified atom stereocenters. The molecule has 0 bridgehead atoms. The van der Waals surface area contributed by atoms with Gasteiger partial charge < -0.3 is 25.0 Å². The van der Waals surface area contributed by atoms with Crippen molar-refractivity contribution in [2.24, 2.45) is 0 Å². The molecule has 5 rings (SSSR count). The van der Waals surface area contributed by atoms with E-state index in [0.717, 1.165) is 68.2 Å². The highest BCUT2D eigenvalue weighted by Crippen LogP contribution is 2.33. The maximum atomic E-state index is 9.21. The number of nitrogens with zero attached hydrogens (tertiary/aromatic N) is 6. The maximum Gasteiger partial charge on any atom is 0.226 e. The fourth-order valence-electron chi connectivity index (χ4n) is 4.42. The predicted molar refractivity (Wildman–Crippen MR) is 122 cm³/mol. The Morgan fingerprint density at radius 1 is 1.09 bits per heavy atom. The number of aromatic nitrogens is 5. The van der Waals surface area contributed by atoms with Crippen molar-refractivity contribution in [1.29, 1.82) is 0 Å². The van der Waals surface area contributed by atoms with Gasteiger partial charge in [-0.2, -0.15) is 9.97 Å². The summed E-state index contributed by atoms with van der Waals surface area (Å²) in [4.78, 5) is 20.9. The molecule has 170 valence electrons. The Bertz CT molecular complexity index is 1030. The van der Waals surface area contributed by atoms with E-state index in [0.29, 0.717) is 24.4 Å². The monoisotopic (exact) mass is 438 g/mol. The summed E-state index contributed by atoms with van der Waals surface area (Å²) in [6.07, 6.45) is 8.47. The highest BCUT2D eigenvalue weighted by molar-refractivity contribution is 5.86. The molecule has 1 aliphatic heterocycles. The minimum absolute atomic E-state index is 0.0145. The van der Waals surface area contributed by atoms with Crippen molar-refractivity contribution in [2.45, 2.75) is 38.3 Å². The number of aliphatic hydroxyl groups excluding tert-OH is 1. The number of ether oxygens (including phenoxy) is 1. The molecule has 0 amide bonds. The van der Waals surface area contributed by atoms with Gasteiger partial charge in [0.05, 0.1) is 43.7 Å². The largest absolute Gasteiger partial charge is 0.395 e. The zero-order valence-corrected chi connectivity index (χ0v) is 18.2. The molecule has 0 radical (unpaired) electrons. The van der Waals surface area contributed by atoms with Gasteiger partial charge in [-0.3, -0.25) is 9.88 Å². The normalized spacial score (nSPS) is 17.8. The number of fused-ring (bicyclic) bond motifs is 1. The van der Waals surface area contributed by atoms with E-state index in [-0.39, 0.29) is 6.61 Å². The fraction of sp³-hybridized carbons (Fsp3) is 0.545. The summed E-state index contributed by atoms with van der Waals surface area (Å²) in [6, 6.07) is 4.48. The minimum Gasteiger partial charge on any atom is -0.395 e. The van der Waals surface area contributed by atoms with E-state index in [1.807, 2.05) is 24.7 Å². The van der Waals surface area contributed by atoms with Gasteiger partial charge in [0, 0.05) is 32.2 Å². The van der Waals surface area contributed by atoms with Crippen molar-refractivity contribution in [3.63, 3.8) is 0 Å². The number of rotatable bonds is 8. The molecule has 1 saturated carbocycles. The van der Waals surface area contributed by atoms with E-state index in [9.17, 15) is 5.11 Å². The first-order valence-electron chi connectivity index (χ1n) is 11.4. The Labute approximate surface area is 187 Å². The third kappa shape index (κ3) is 4.67. The smallest absolute Gasteiger partial charge is 0.226 e. The highest BCUT2D eigenvalue weighted by atomic mass is 16.5. The zero-order valence-electron chi connectivity index (χ0n) is 18.2. The molecular formula is C22H30N8O2. The summed E-state index contributed by atoms with van der Waals surface area (Å²) in [5, 5.41) is 15.7. The minimum atomic E-state index is 0.0145. The van der Waals surface area contributed by atoms with Gasteiger partial charge in [0.15, 0.2) is 17.0 Å². The zero-order chi connectivity index (χ0) is 21.8. The van der Waals surface area contributed by atoms with Crippen LogP contribution >= 0.6 is 0 Å². The number of morpholine rings is 1. The lowest BCUT2D eigenvalue weighted by atomic mass is 10.2. The molecule has 4 heterocycles. The standard InChI is InChI=1S/C22H30N8O2/c31-10-7-23-22-27-20(19-21(28-22)30(15-25-19)18-3-1-2-4-18)26-16-5-6-17(24-13-16)14-29-8-11-32-12-9-29/h5-6,13,15,18,31H,1-4,7-12,14H2,(H2,23,26,27,28). The van der Waals surface area contributed by atoms with Crippen LogP contribution in [0.15, 0.2) is 24.7 Å². The second-order valence-corrected chi connectivity index (χ2v) is 8.36. The van der Waals surface area contributed by atoms with Gasteiger partial charge in [0.1, 0.15) is 0 Å². The lowest BCUT2D eigenvalue weighted by Crippen LogP contribution is -2.35. The number of hydrogen-bond acceptors (Lipinski definition) is 9. The summed E-state index contributed by atoms with van der Waals surface area (Å²) >= 11 is 0. The Kier molecular flexibility index (Phi) is 6.42. The van der Waals surface area contributed by atoms with Gasteiger partial charge in [0.25, 0.3) is 0 Å². The van der Waals surface area contributed by atoms with Crippen LogP contribution in [0, 0.1) is 0 Å². The predicted octanol–water partition coefficient (Wildman–Crippen LogP) is 2.32. The average molecular weight is 439 g/mol. The van der Waals surface area contributed by atoms with E-state index in [4.69, 9.17) is 9.72 Å². The molecule has 32 heavy (non-hydrogen) atoms. The summed E-state index contributed by atoms with van der Waals surface area (Å²) in [6.45, 7) is 4.66. The van der Waals surface area contributed by atoms with Crippen LogP contribution < -0.4 is 10.6 Å². The Hall–Kier alpha value is -2.82. The summed E-state index contributed by atoms with van der Waals surface area (Å²) in [5.74, 6) is 1.11. The molecule has 3 aromatic rings. The molecule has 10 heteroatoms. The van der Waals surface area contributed by atoms with Crippen LogP contribution in [0.5, 0.6) is 0 Å². The Balaban J connectivity index is 1.38. The van der Waals surface area contributed by atoms with Gasteiger partial charge in [0.2, 0.25) is 5.95 Å². The Morgan fingerprint density at radius 3 is 2.69 bits per heavy atom. The molecule has 3 aromatic heterocycles. The third-order valence-corrected chi connectivity index (χ3v) is 6.11. The molecule has 2 aliphatic rings. The number of pyridine rings is 1. The van der Waals surface area contributed by atoms with Crippen LogP contribution in [0.1, 0.15) is 37.4 Å². The van der Waals surface area contributed by atoms with E-state index in [2.05, 4.69) is 35.1 Å². The second kappa shape index (κ2) is 9.76. The quantitative estimate of drug-likeness (QED) is 0.487. The van der Waals surface area contributed by atoms with Crippen molar-refractivity contribution in [1.82, 2.24) is 29.4 Å². The van der Waals surface area contributed by atoms with Crippen LogP contribution in [0.4, 0.5) is 17.5 Å². The van der Waals surface area contributed by atoms with E-state index in [1.54, 1.807) is 0 Å². The molecule has 0 atom stereocenters. The topological polar surface area (TPSA) is 113 Å². The lowest BCUT2D eigenvalue weighted by molar-refractivity contribution is 0.0336. The lowest BCUT2D eigenvalue weighted by Gasteiger charge is -2.26. The molecule has 0 spiro atoms. The van der Waals surface area contributed by atoms with Crippen LogP contribution in [-0.4, -0.2) is 74.0 Å². The molecule has 10 nitrogen and oxygen atoms in total. The molecule has 0 aromatic carbocycles. The number of imidazole rings is 1. The second-order valence-electron chi connectivity index (χ2n) is 8.36. The first-order valence-corrected chi connectivity index (χ1v) is 11.4. The van der Waals surface area contributed by atoms with Crippen molar-refractivity contribution in [3.05, 3.63) is 30.4 Å². The van der Waals surface area contributed by atoms with Gasteiger partial charge in [-0.1, -0.05) is 12.8 Å². The SMILES string of the molecule is OCCNc1nc(Nc2ccc(CN3CCOCC3)nc2)c2ncn(C3CCCC3)c2n1. The van der Waals surface area contributed by atoms with Crippen LogP contribution in [0.2, 0.25) is 0 Å². The molecule has 1 aliphatic carbocycles. The molecular weight excluding hydrogens is 408 g/mol. The van der Waals surface area contributed by atoms with E-state index < -0.39 is 0 Å². The molecule has 3 N–H and O–H groups in total. The number of hydrogen-bond donors (Lipinski definition) is 3. The number of nitrogens with one attached hydrogen (secondary N) is 2. The number of anilines is 3. The van der Waals surface area contributed by atoms with Crippen LogP contribution in [0.3, 0.4) is 0 Å². The van der Waals surface area contributed by atoms with Crippen molar-refractivity contribution >= 4 is 28.6 Å². The summed E-state index contributed by atoms with van der Waals surface area (Å²) < 4.78 is 7.59. The fourth-order valence-corrected chi connectivity index (χ4v) is 4.42. The van der Waals surface area contributed by atoms with E-state index in [1.165, 1.54) is 12.8 Å². The first kappa shape index (κ1) is 21.0. The summed E-state index contributed by atoms with van der Waals surface area (Å²) in [5.41, 5.74) is 3.43. The Morgan fingerprint density at radius 2 is 1.94 bits per heavy atom. The van der Waals surface area contributed by atoms with Gasteiger partial charge in [-0.15, -0.1) is 0 Å². The van der Waals surface area contributed by atoms with Crippen LogP contribution in [0.25, 0.3) is 11.2 Å².